The van der Waals surface area contributed by atoms with Gasteiger partial charge < -0.3 is 5.32 Å². The molecule has 2 aliphatic rings. The molecule has 1 heterocycles. The molecule has 2 aromatic carbocycles. The fraction of sp³-hybridized carbons (Fsp3) is 0.200. The van der Waals surface area contributed by atoms with Crippen LogP contribution in [-0.2, 0) is 0 Å². The summed E-state index contributed by atoms with van der Waals surface area (Å²) >= 11 is 3.44. The minimum atomic E-state index is -0.580. The van der Waals surface area contributed by atoms with Crippen molar-refractivity contribution in [2.45, 2.75) is 19.4 Å². The van der Waals surface area contributed by atoms with E-state index in [1.807, 2.05) is 48.6 Å². The summed E-state index contributed by atoms with van der Waals surface area (Å²) in [5, 5.41) is 3.29. The smallest absolute Gasteiger partial charge is 0.262 e. The topological polar surface area (TPSA) is 49.4 Å². The summed E-state index contributed by atoms with van der Waals surface area (Å²) in [5.41, 5.74) is 3.29. The molecule has 0 spiro atoms. The van der Waals surface area contributed by atoms with E-state index in [0.29, 0.717) is 16.8 Å². The first-order valence-corrected chi connectivity index (χ1v) is 9.13. The molecule has 1 unspecified atom stereocenters. The second-order valence-corrected chi connectivity index (χ2v) is 7.12. The predicted molar refractivity (Wildman–Crippen MR) is 103 cm³/mol. The zero-order chi connectivity index (χ0) is 17.6. The highest BCUT2D eigenvalue weighted by atomic mass is 79.9. The molecule has 1 atom stereocenters. The van der Waals surface area contributed by atoms with Crippen LogP contribution in [0.1, 0.15) is 39.6 Å². The van der Waals surface area contributed by atoms with Crippen LogP contribution in [0.4, 0.5) is 11.4 Å². The van der Waals surface area contributed by atoms with E-state index in [4.69, 9.17) is 0 Å². The van der Waals surface area contributed by atoms with Gasteiger partial charge in [-0.15, -0.1) is 0 Å². The fourth-order valence-corrected chi connectivity index (χ4v) is 3.82. The quantitative estimate of drug-likeness (QED) is 0.826. The Bertz CT molecular complexity index is 920. The van der Waals surface area contributed by atoms with Crippen molar-refractivity contribution in [3.63, 3.8) is 0 Å². The Balaban J connectivity index is 1.91. The molecule has 0 radical (unpaired) electrons. The molecule has 0 aromatic heterocycles. The zero-order valence-corrected chi connectivity index (χ0v) is 15.3. The Kier molecular flexibility index (Phi) is 3.96. The van der Waals surface area contributed by atoms with Crippen LogP contribution in [0.2, 0.25) is 0 Å². The van der Waals surface area contributed by atoms with E-state index < -0.39 is 6.04 Å². The summed E-state index contributed by atoms with van der Waals surface area (Å²) in [6.07, 6.45) is 4.69. The first kappa shape index (κ1) is 16.1. The second kappa shape index (κ2) is 6.15. The highest BCUT2D eigenvalue weighted by Gasteiger charge is 2.42. The van der Waals surface area contributed by atoms with E-state index in [9.17, 15) is 9.59 Å². The molecule has 25 heavy (non-hydrogen) atoms. The third-order valence-corrected chi connectivity index (χ3v) is 5.07. The maximum absolute atomic E-state index is 13.3. The number of anilines is 2. The van der Waals surface area contributed by atoms with Crippen LogP contribution >= 0.6 is 15.9 Å². The fourth-order valence-electron chi connectivity index (χ4n) is 3.44. The predicted octanol–water partition coefficient (Wildman–Crippen LogP) is 4.51. The van der Waals surface area contributed by atoms with Gasteiger partial charge >= 0.3 is 0 Å². The first-order valence-electron chi connectivity index (χ1n) is 8.34. The van der Waals surface area contributed by atoms with Gasteiger partial charge in [-0.3, -0.25) is 14.5 Å². The van der Waals surface area contributed by atoms with Gasteiger partial charge in [-0.2, -0.15) is 0 Å². The van der Waals surface area contributed by atoms with Crippen molar-refractivity contribution >= 4 is 45.1 Å². The van der Waals surface area contributed by atoms with Crippen molar-refractivity contribution in [3.05, 3.63) is 63.6 Å². The highest BCUT2D eigenvalue weighted by Crippen LogP contribution is 2.38. The number of benzene rings is 2. The molecule has 0 saturated carbocycles. The zero-order valence-electron chi connectivity index (χ0n) is 13.8. The number of nitrogens with zero attached hydrogens (tertiary/aromatic N) is 1. The largest absolute Gasteiger partial charge is 0.384 e. The summed E-state index contributed by atoms with van der Waals surface area (Å²) in [7, 11) is 0. The minimum absolute atomic E-state index is 0.0211. The van der Waals surface area contributed by atoms with Crippen LogP contribution < -0.4 is 10.2 Å². The number of hydrogen-bond acceptors (Lipinski definition) is 3. The van der Waals surface area contributed by atoms with Crippen molar-refractivity contribution < 1.29 is 9.59 Å². The highest BCUT2D eigenvalue weighted by molar-refractivity contribution is 9.10. The maximum Gasteiger partial charge on any atom is 0.262 e. The SMILES string of the molecule is CCCNc1ccc2c3c1C(=O)N(c1cccc(Br)c1)C(C=C2)C3=O. The Morgan fingerprint density at radius 3 is 2.76 bits per heavy atom. The van der Waals surface area contributed by atoms with Crippen molar-refractivity contribution in [3.8, 4) is 0 Å². The lowest BCUT2D eigenvalue weighted by Crippen LogP contribution is -2.50. The number of Topliss-reactive ketones (excluding diaryl/α,β-unsaturated/α-hetero) is 1. The molecule has 1 aliphatic heterocycles. The van der Waals surface area contributed by atoms with Gasteiger partial charge in [-0.1, -0.05) is 47.1 Å². The van der Waals surface area contributed by atoms with Crippen LogP contribution in [0.5, 0.6) is 0 Å². The molecule has 0 fully saturated rings. The molecule has 1 amide bonds. The third-order valence-electron chi connectivity index (χ3n) is 4.57. The number of carbonyl (C=O) groups excluding carboxylic acids is 2. The summed E-state index contributed by atoms with van der Waals surface area (Å²) in [4.78, 5) is 28.0. The Labute approximate surface area is 154 Å². The van der Waals surface area contributed by atoms with Gasteiger partial charge in [0.15, 0.2) is 5.78 Å². The molecule has 2 aromatic rings. The lowest BCUT2D eigenvalue weighted by molar-refractivity contribution is 0.0885. The van der Waals surface area contributed by atoms with Gasteiger partial charge in [0.05, 0.1) is 5.56 Å². The van der Waals surface area contributed by atoms with Gasteiger partial charge in [-0.05, 0) is 36.2 Å². The second-order valence-electron chi connectivity index (χ2n) is 6.20. The van der Waals surface area contributed by atoms with E-state index in [1.54, 1.807) is 4.90 Å². The average molecular weight is 397 g/mol. The number of rotatable bonds is 4. The van der Waals surface area contributed by atoms with E-state index in [0.717, 1.165) is 28.7 Å². The van der Waals surface area contributed by atoms with Crippen molar-refractivity contribution in [1.29, 1.82) is 0 Å². The number of nitrogens with one attached hydrogen (secondary N) is 1. The number of amides is 1. The van der Waals surface area contributed by atoms with Gasteiger partial charge in [-0.25, -0.2) is 0 Å². The average Bonchev–Trinajstić information content (AvgIpc) is 2.60. The van der Waals surface area contributed by atoms with Gasteiger partial charge in [0, 0.05) is 28.0 Å². The lowest BCUT2D eigenvalue weighted by Gasteiger charge is -2.37. The van der Waals surface area contributed by atoms with Crippen molar-refractivity contribution in [2.24, 2.45) is 0 Å². The van der Waals surface area contributed by atoms with Crippen LogP contribution in [-0.4, -0.2) is 24.3 Å². The Hall–Kier alpha value is -2.40. The summed E-state index contributed by atoms with van der Waals surface area (Å²) in [6.45, 7) is 2.82. The van der Waals surface area contributed by atoms with Gasteiger partial charge in [0.25, 0.3) is 5.91 Å². The summed E-state index contributed by atoms with van der Waals surface area (Å²) in [5.74, 6) is -0.158. The minimum Gasteiger partial charge on any atom is -0.384 e. The first-order chi connectivity index (χ1) is 12.1. The monoisotopic (exact) mass is 396 g/mol. The molecule has 1 aliphatic carbocycles. The Morgan fingerprint density at radius 1 is 1.16 bits per heavy atom. The van der Waals surface area contributed by atoms with Gasteiger partial charge in [0.2, 0.25) is 0 Å². The molecular formula is C20H17BrN2O2. The maximum atomic E-state index is 13.3. The molecule has 0 saturated heterocycles. The molecule has 5 heteroatoms. The lowest BCUT2D eigenvalue weighted by atomic mass is 9.83. The van der Waals surface area contributed by atoms with Crippen molar-refractivity contribution in [2.75, 3.05) is 16.8 Å². The van der Waals surface area contributed by atoms with Gasteiger partial charge in [0.1, 0.15) is 6.04 Å². The third kappa shape index (κ3) is 2.50. The van der Waals surface area contributed by atoms with Crippen LogP contribution in [0.25, 0.3) is 6.08 Å². The summed E-state index contributed by atoms with van der Waals surface area (Å²) < 4.78 is 0.869. The van der Waals surface area contributed by atoms with E-state index in [2.05, 4.69) is 28.2 Å². The van der Waals surface area contributed by atoms with Crippen LogP contribution in [0.3, 0.4) is 0 Å². The molecule has 126 valence electrons. The molecule has 2 bridgehead atoms. The molecule has 4 nitrogen and oxygen atoms in total. The molecular weight excluding hydrogens is 380 g/mol. The van der Waals surface area contributed by atoms with E-state index in [-0.39, 0.29) is 11.7 Å². The summed E-state index contributed by atoms with van der Waals surface area (Å²) in [6, 6.07) is 10.7. The Morgan fingerprint density at radius 2 is 2.00 bits per heavy atom. The molecule has 4 rings (SSSR count). The number of ketones is 1. The number of carbonyl (C=O) groups is 2. The number of hydrogen-bond donors (Lipinski definition) is 1. The van der Waals surface area contributed by atoms with Crippen LogP contribution in [0.15, 0.2) is 46.9 Å². The molecule has 1 N–H and O–H groups in total. The van der Waals surface area contributed by atoms with Crippen molar-refractivity contribution in [1.82, 2.24) is 0 Å². The number of halogens is 1. The van der Waals surface area contributed by atoms with E-state index >= 15 is 0 Å². The standard InChI is InChI=1S/C20H17BrN2O2/c1-2-10-22-15-8-6-12-7-9-16-19(24)17(12)18(15)20(25)23(16)14-5-3-4-13(21)11-14/h3-9,11,16,22H,2,10H2,1H3. The number of fused-ring (bicyclic) bond motifs is 1. The normalized spacial score (nSPS) is 17.8. The van der Waals surface area contributed by atoms with E-state index in [1.165, 1.54) is 0 Å². The van der Waals surface area contributed by atoms with Crippen LogP contribution in [0, 0.1) is 0 Å².